The number of nitrogens with zero attached hydrogens (tertiary/aromatic N) is 2. The molecule has 1 aliphatic rings. The number of carbonyl (C=O) groups excluding carboxylic acids is 3. The van der Waals surface area contributed by atoms with Gasteiger partial charge in [0, 0.05) is 18.5 Å². The molecular weight excluding hydrogens is 402 g/mol. The Morgan fingerprint density at radius 1 is 1.30 bits per heavy atom. The van der Waals surface area contributed by atoms with Crippen LogP contribution in [-0.4, -0.2) is 41.2 Å². The third-order valence-electron chi connectivity index (χ3n) is 5.32. The average Bonchev–Trinajstić information content (AvgIpc) is 3.23. The molecule has 160 valence electrons. The Balaban J connectivity index is 1.79. The maximum Gasteiger partial charge on any atom is 0.313 e. The number of pyridine rings is 1. The van der Waals surface area contributed by atoms with Gasteiger partial charge in [0.1, 0.15) is 5.82 Å². The molecule has 2 aromatic rings. The molecular formula is C21H27N5O3S. The highest BCUT2D eigenvalue weighted by Crippen LogP contribution is 2.37. The summed E-state index contributed by atoms with van der Waals surface area (Å²) in [5.41, 5.74) is 7.07. The number of aryl methyl sites for hydroxylation is 1. The van der Waals surface area contributed by atoms with Crippen LogP contribution in [0.1, 0.15) is 52.8 Å². The molecule has 2 aromatic heterocycles. The Hall–Kier alpha value is -2.94. The first kappa shape index (κ1) is 21.8. The Morgan fingerprint density at radius 2 is 2.07 bits per heavy atom. The molecule has 0 unspecified atom stereocenters. The molecule has 1 fully saturated rings. The number of anilines is 2. The van der Waals surface area contributed by atoms with Crippen LogP contribution in [0.4, 0.5) is 11.5 Å². The molecule has 3 rings (SSSR count). The molecule has 30 heavy (non-hydrogen) atoms. The lowest BCUT2D eigenvalue weighted by molar-refractivity contribution is -0.146. The molecule has 2 atom stereocenters. The quantitative estimate of drug-likeness (QED) is 0.646. The van der Waals surface area contributed by atoms with Gasteiger partial charge in [0.15, 0.2) is 0 Å². The summed E-state index contributed by atoms with van der Waals surface area (Å²) in [6, 6.07) is 5.13. The van der Waals surface area contributed by atoms with Crippen molar-refractivity contribution in [1.82, 2.24) is 15.2 Å². The number of likely N-dealkylation sites (tertiary alicyclic amines) is 1. The van der Waals surface area contributed by atoms with E-state index in [1.54, 1.807) is 24.1 Å². The van der Waals surface area contributed by atoms with E-state index in [-0.39, 0.29) is 11.9 Å². The van der Waals surface area contributed by atoms with Crippen LogP contribution in [0.2, 0.25) is 0 Å². The van der Waals surface area contributed by atoms with E-state index in [2.05, 4.69) is 22.5 Å². The Kier molecular flexibility index (Phi) is 6.71. The van der Waals surface area contributed by atoms with Crippen LogP contribution in [0, 0.1) is 5.92 Å². The third kappa shape index (κ3) is 4.62. The van der Waals surface area contributed by atoms with E-state index in [0.29, 0.717) is 35.3 Å². The van der Waals surface area contributed by atoms with Crippen molar-refractivity contribution in [1.29, 1.82) is 0 Å². The Labute approximate surface area is 179 Å². The number of nitrogens with two attached hydrogens (primary N) is 1. The topological polar surface area (TPSA) is 117 Å². The maximum absolute atomic E-state index is 13.0. The zero-order valence-corrected chi connectivity index (χ0v) is 18.2. The first-order chi connectivity index (χ1) is 14.3. The number of nitrogen functional groups attached to an aromatic ring is 1. The van der Waals surface area contributed by atoms with Crippen molar-refractivity contribution in [2.45, 2.75) is 39.2 Å². The van der Waals surface area contributed by atoms with Crippen LogP contribution < -0.4 is 16.4 Å². The Morgan fingerprint density at radius 3 is 2.77 bits per heavy atom. The van der Waals surface area contributed by atoms with Gasteiger partial charge in [-0.3, -0.25) is 14.4 Å². The van der Waals surface area contributed by atoms with Gasteiger partial charge in [-0.05, 0) is 48.9 Å². The van der Waals surface area contributed by atoms with Gasteiger partial charge in [-0.1, -0.05) is 13.8 Å². The molecule has 3 amide bonds. The number of hydrogen-bond acceptors (Lipinski definition) is 6. The van der Waals surface area contributed by atoms with Crippen LogP contribution in [0.15, 0.2) is 24.4 Å². The molecule has 3 heterocycles. The molecule has 4 N–H and O–H groups in total. The minimum absolute atomic E-state index is 0.159. The van der Waals surface area contributed by atoms with Gasteiger partial charge in [0.2, 0.25) is 0 Å². The van der Waals surface area contributed by atoms with Gasteiger partial charge >= 0.3 is 11.8 Å². The predicted octanol–water partition coefficient (Wildman–Crippen LogP) is 2.59. The van der Waals surface area contributed by atoms with E-state index in [1.165, 1.54) is 17.5 Å². The molecule has 0 aromatic carbocycles. The number of rotatable bonds is 4. The van der Waals surface area contributed by atoms with Crippen molar-refractivity contribution in [3.8, 4) is 0 Å². The number of piperidine rings is 1. The molecule has 0 aliphatic carbocycles. The first-order valence-corrected chi connectivity index (χ1v) is 10.8. The number of amides is 3. The highest BCUT2D eigenvalue weighted by molar-refractivity contribution is 7.14. The van der Waals surface area contributed by atoms with Crippen molar-refractivity contribution in [2.75, 3.05) is 24.6 Å². The molecule has 0 saturated carbocycles. The lowest BCUT2D eigenvalue weighted by Crippen LogP contribution is -2.46. The van der Waals surface area contributed by atoms with E-state index in [9.17, 15) is 14.4 Å². The fourth-order valence-corrected chi connectivity index (χ4v) is 4.74. The van der Waals surface area contributed by atoms with Crippen molar-refractivity contribution in [3.63, 3.8) is 0 Å². The predicted molar refractivity (Wildman–Crippen MR) is 117 cm³/mol. The SMILES string of the molecule is CCc1cc(NC(=O)C(=O)N2C[C@@H](C)CC[C@@H]2c2ccc(C(=O)NC)s2)cnc1N. The van der Waals surface area contributed by atoms with Crippen molar-refractivity contribution in [3.05, 3.63) is 39.7 Å². The molecule has 0 bridgehead atoms. The minimum atomic E-state index is -0.703. The number of aromatic nitrogens is 1. The van der Waals surface area contributed by atoms with Gasteiger partial charge in [0.25, 0.3) is 5.91 Å². The maximum atomic E-state index is 13.0. The van der Waals surface area contributed by atoms with E-state index in [4.69, 9.17) is 5.73 Å². The second kappa shape index (κ2) is 9.25. The summed E-state index contributed by atoms with van der Waals surface area (Å²) >= 11 is 1.36. The van der Waals surface area contributed by atoms with Crippen LogP contribution >= 0.6 is 11.3 Å². The largest absolute Gasteiger partial charge is 0.383 e. The summed E-state index contributed by atoms with van der Waals surface area (Å²) in [6.45, 7) is 4.50. The van der Waals surface area contributed by atoms with E-state index in [1.807, 2.05) is 13.0 Å². The third-order valence-corrected chi connectivity index (χ3v) is 6.50. The molecule has 9 heteroatoms. The lowest BCUT2D eigenvalue weighted by atomic mass is 9.93. The monoisotopic (exact) mass is 429 g/mol. The normalized spacial score (nSPS) is 18.7. The number of hydrogen-bond donors (Lipinski definition) is 3. The number of carbonyl (C=O) groups is 3. The molecule has 0 radical (unpaired) electrons. The van der Waals surface area contributed by atoms with Crippen molar-refractivity contribution < 1.29 is 14.4 Å². The van der Waals surface area contributed by atoms with Gasteiger partial charge in [-0.25, -0.2) is 4.98 Å². The van der Waals surface area contributed by atoms with Gasteiger partial charge in [-0.2, -0.15) is 0 Å². The van der Waals surface area contributed by atoms with E-state index >= 15 is 0 Å². The van der Waals surface area contributed by atoms with Crippen LogP contribution in [0.25, 0.3) is 0 Å². The van der Waals surface area contributed by atoms with E-state index in [0.717, 1.165) is 23.3 Å². The van der Waals surface area contributed by atoms with Crippen LogP contribution in [0.5, 0.6) is 0 Å². The van der Waals surface area contributed by atoms with Crippen LogP contribution in [0.3, 0.4) is 0 Å². The summed E-state index contributed by atoms with van der Waals surface area (Å²) in [6.07, 6.45) is 3.82. The fraction of sp³-hybridized carbons (Fsp3) is 0.429. The smallest absolute Gasteiger partial charge is 0.313 e. The zero-order chi connectivity index (χ0) is 21.8. The summed E-state index contributed by atoms with van der Waals surface area (Å²) in [4.78, 5) is 44.9. The fourth-order valence-electron chi connectivity index (χ4n) is 3.64. The van der Waals surface area contributed by atoms with Crippen molar-refractivity contribution >= 4 is 40.6 Å². The summed E-state index contributed by atoms with van der Waals surface area (Å²) in [5, 5.41) is 5.26. The number of nitrogens with one attached hydrogen (secondary N) is 2. The van der Waals surface area contributed by atoms with Crippen LogP contribution in [-0.2, 0) is 16.0 Å². The zero-order valence-electron chi connectivity index (χ0n) is 17.4. The lowest BCUT2D eigenvalue weighted by Gasteiger charge is -2.37. The standard InChI is InChI=1S/C21H27N5O3S/c1-4-13-9-14(10-24-18(13)22)25-20(28)21(29)26-11-12(2)5-6-15(26)16-7-8-17(30-16)19(27)23-3/h7-10,12,15H,4-6,11H2,1-3H3,(H2,22,24)(H,23,27)(H,25,28)/t12-,15+/m0/s1. The second-order valence-electron chi connectivity index (χ2n) is 7.51. The second-order valence-corrected chi connectivity index (χ2v) is 8.63. The first-order valence-electron chi connectivity index (χ1n) is 10.0. The minimum Gasteiger partial charge on any atom is -0.383 e. The molecule has 0 spiro atoms. The highest BCUT2D eigenvalue weighted by Gasteiger charge is 2.35. The highest BCUT2D eigenvalue weighted by atomic mass is 32.1. The van der Waals surface area contributed by atoms with Gasteiger partial charge in [0.05, 0.1) is 22.8 Å². The van der Waals surface area contributed by atoms with Gasteiger partial charge < -0.3 is 21.3 Å². The molecule has 8 nitrogen and oxygen atoms in total. The van der Waals surface area contributed by atoms with E-state index < -0.39 is 11.8 Å². The summed E-state index contributed by atoms with van der Waals surface area (Å²) in [5.74, 6) is -0.742. The average molecular weight is 430 g/mol. The van der Waals surface area contributed by atoms with Gasteiger partial charge in [-0.15, -0.1) is 11.3 Å². The Bertz CT molecular complexity index is 958. The van der Waals surface area contributed by atoms with Crippen molar-refractivity contribution in [2.24, 2.45) is 5.92 Å². The molecule has 1 saturated heterocycles. The summed E-state index contributed by atoms with van der Waals surface area (Å²) in [7, 11) is 1.58. The summed E-state index contributed by atoms with van der Waals surface area (Å²) < 4.78 is 0. The number of thiophene rings is 1. The molecule has 1 aliphatic heterocycles.